The normalized spacial score (nSPS) is 17.1. The molecular formula is C16H32N2. The van der Waals surface area contributed by atoms with Crippen molar-refractivity contribution in [2.75, 3.05) is 26.2 Å². The van der Waals surface area contributed by atoms with Crippen molar-refractivity contribution in [3.63, 3.8) is 0 Å². The molecule has 0 amide bonds. The lowest BCUT2D eigenvalue weighted by atomic mass is 10.1. The molecule has 2 heteroatoms. The molecule has 0 unspecified atom stereocenters. The molecule has 0 N–H and O–H groups in total. The highest BCUT2D eigenvalue weighted by molar-refractivity contribution is 4.54. The summed E-state index contributed by atoms with van der Waals surface area (Å²) in [4.78, 5) is 0. The second-order valence-electron chi connectivity index (χ2n) is 5.66. The number of quaternary nitrogens is 1. The van der Waals surface area contributed by atoms with Crippen LogP contribution in [0.2, 0.25) is 0 Å². The molecule has 1 fully saturated rings. The number of unbranched alkanes of at least 4 members (excludes halogenated alkanes) is 6. The van der Waals surface area contributed by atoms with E-state index in [2.05, 4.69) is 13.8 Å². The van der Waals surface area contributed by atoms with Crippen LogP contribution in [0.5, 0.6) is 0 Å². The van der Waals surface area contributed by atoms with Crippen LogP contribution in [0.4, 0.5) is 0 Å². The van der Waals surface area contributed by atoms with Crippen molar-refractivity contribution in [3.8, 4) is 0 Å². The Balaban J connectivity index is 0.00000137. The maximum Gasteiger partial charge on any atom is 0.0788 e. The maximum atomic E-state index is 6.25. The van der Waals surface area contributed by atoms with Gasteiger partial charge in [-0.05, 0) is 19.8 Å². The Morgan fingerprint density at radius 3 is 1.83 bits per heavy atom. The molecule has 1 heterocycles. The van der Waals surface area contributed by atoms with Gasteiger partial charge >= 0.3 is 0 Å². The molecule has 0 saturated carbocycles. The van der Waals surface area contributed by atoms with Crippen molar-refractivity contribution >= 4 is 0 Å². The van der Waals surface area contributed by atoms with Crippen LogP contribution in [0.1, 0.15) is 71.6 Å². The van der Waals surface area contributed by atoms with E-state index in [0.717, 1.165) is 0 Å². The van der Waals surface area contributed by atoms with Gasteiger partial charge in [0.05, 0.1) is 26.2 Å². The van der Waals surface area contributed by atoms with Crippen LogP contribution in [0.3, 0.4) is 0 Å². The number of likely N-dealkylation sites (tertiary alicyclic amines) is 1. The summed E-state index contributed by atoms with van der Waals surface area (Å²) in [5.41, 5.74) is 0. The largest absolute Gasteiger partial charge is 0.512 e. The molecule has 0 aromatic rings. The summed E-state index contributed by atoms with van der Waals surface area (Å²) < 4.78 is 1.44. The third kappa shape index (κ3) is 7.01. The van der Waals surface area contributed by atoms with Gasteiger partial charge in [0.15, 0.2) is 0 Å². The molecule has 0 radical (unpaired) electrons. The Morgan fingerprint density at radius 1 is 0.833 bits per heavy atom. The van der Waals surface area contributed by atoms with E-state index in [0.29, 0.717) is 0 Å². The Morgan fingerprint density at radius 2 is 1.33 bits per heavy atom. The molecule has 1 aliphatic rings. The summed E-state index contributed by atoms with van der Waals surface area (Å²) in [6.07, 6.45) is 13.1. The van der Waals surface area contributed by atoms with Gasteiger partial charge in [0.1, 0.15) is 0 Å². The quantitative estimate of drug-likeness (QED) is 0.337. The molecule has 0 bridgehead atoms. The van der Waals surface area contributed by atoms with E-state index in [1.165, 1.54) is 88.4 Å². The molecule has 0 aromatic heterocycles. The summed E-state index contributed by atoms with van der Waals surface area (Å²) in [5, 5.41) is 6.25. The number of hydrogen-bond donors (Lipinski definition) is 0. The van der Waals surface area contributed by atoms with E-state index in [9.17, 15) is 0 Å². The second-order valence-corrected chi connectivity index (χ2v) is 5.66. The lowest BCUT2D eigenvalue weighted by molar-refractivity contribution is -0.915. The van der Waals surface area contributed by atoms with Gasteiger partial charge < -0.3 is 16.3 Å². The zero-order valence-corrected chi connectivity index (χ0v) is 12.6. The van der Waals surface area contributed by atoms with Gasteiger partial charge in [-0.2, -0.15) is 0 Å². The number of hydrogen-bond acceptors (Lipinski definition) is 1. The average Bonchev–Trinajstić information content (AvgIpc) is 2.89. The van der Waals surface area contributed by atoms with Gasteiger partial charge in [-0.15, -0.1) is 0 Å². The van der Waals surface area contributed by atoms with Crippen molar-refractivity contribution in [2.45, 2.75) is 71.6 Å². The van der Waals surface area contributed by atoms with E-state index in [1.54, 1.807) is 0 Å². The summed E-state index contributed by atoms with van der Waals surface area (Å²) in [7, 11) is 0. The van der Waals surface area contributed by atoms with Gasteiger partial charge in [-0.1, -0.05) is 39.0 Å². The van der Waals surface area contributed by atoms with E-state index in [1.807, 2.05) is 0 Å². The summed E-state index contributed by atoms with van der Waals surface area (Å²) in [5.74, 6) is 0. The van der Waals surface area contributed by atoms with Crippen LogP contribution in [0.15, 0.2) is 0 Å². The predicted molar refractivity (Wildman–Crippen MR) is 77.6 cm³/mol. The van der Waals surface area contributed by atoms with Crippen LogP contribution in [-0.4, -0.2) is 30.7 Å². The number of rotatable bonds is 9. The summed E-state index contributed by atoms with van der Waals surface area (Å²) in [6.45, 7) is 15.2. The van der Waals surface area contributed by atoms with Crippen molar-refractivity contribution in [1.29, 1.82) is 5.26 Å². The van der Waals surface area contributed by atoms with Gasteiger partial charge in [-0.25, -0.2) is 0 Å². The molecule has 106 valence electrons. The molecule has 0 aromatic carbocycles. The monoisotopic (exact) mass is 252 g/mol. The highest BCUT2D eigenvalue weighted by Gasteiger charge is 2.28. The van der Waals surface area contributed by atoms with Crippen LogP contribution < -0.4 is 0 Å². The topological polar surface area (TPSA) is 23.8 Å². The Hall–Kier alpha value is -0.550. The smallest absolute Gasteiger partial charge is 0.0788 e. The molecule has 2 nitrogen and oxygen atoms in total. The van der Waals surface area contributed by atoms with Gasteiger partial charge in [-0.3, -0.25) is 0 Å². The zero-order chi connectivity index (χ0) is 13.7. The zero-order valence-electron chi connectivity index (χ0n) is 12.6. The minimum atomic E-state index is 1.37. The van der Waals surface area contributed by atoms with Gasteiger partial charge in [0.25, 0.3) is 0 Å². The standard InChI is InChI=1S/C15H32N.CN/c1-3-5-6-7-8-9-10-13-16(4-2)14-11-12-15-16;1-2/h3-15H2,1-2H3;/q+1;-1. The van der Waals surface area contributed by atoms with Crippen LogP contribution >= 0.6 is 0 Å². The highest BCUT2D eigenvalue weighted by Crippen LogP contribution is 2.20. The first kappa shape index (κ1) is 17.4. The van der Waals surface area contributed by atoms with Crippen molar-refractivity contribution in [2.24, 2.45) is 0 Å². The lowest BCUT2D eigenvalue weighted by Gasteiger charge is -2.33. The second kappa shape index (κ2) is 11.5. The first-order chi connectivity index (χ1) is 8.83. The molecule has 0 spiro atoms. The summed E-state index contributed by atoms with van der Waals surface area (Å²) in [6, 6.07) is 0. The fourth-order valence-corrected chi connectivity index (χ4v) is 3.11. The van der Waals surface area contributed by atoms with Crippen molar-refractivity contribution in [1.82, 2.24) is 0 Å². The van der Waals surface area contributed by atoms with E-state index in [-0.39, 0.29) is 0 Å². The fraction of sp³-hybridized carbons (Fsp3) is 0.938. The van der Waals surface area contributed by atoms with Gasteiger partial charge in [0.2, 0.25) is 0 Å². The molecule has 1 aliphatic heterocycles. The molecule has 18 heavy (non-hydrogen) atoms. The minimum absolute atomic E-state index is 1.37. The lowest BCUT2D eigenvalue weighted by Crippen LogP contribution is -2.45. The van der Waals surface area contributed by atoms with Crippen molar-refractivity contribution < 1.29 is 4.48 Å². The number of nitrogens with zero attached hydrogens (tertiary/aromatic N) is 2. The van der Waals surface area contributed by atoms with Crippen LogP contribution in [-0.2, 0) is 0 Å². The maximum absolute atomic E-state index is 6.25. The van der Waals surface area contributed by atoms with E-state index in [4.69, 9.17) is 11.8 Å². The molecule has 1 rings (SSSR count). The van der Waals surface area contributed by atoms with E-state index < -0.39 is 0 Å². The first-order valence-electron chi connectivity index (χ1n) is 7.90. The molecule has 1 saturated heterocycles. The highest BCUT2D eigenvalue weighted by atomic mass is 15.4. The van der Waals surface area contributed by atoms with Gasteiger partial charge in [0, 0.05) is 12.8 Å². The molecule has 0 atom stereocenters. The van der Waals surface area contributed by atoms with Crippen LogP contribution in [0, 0.1) is 11.8 Å². The summed E-state index contributed by atoms with van der Waals surface area (Å²) >= 11 is 0. The Labute approximate surface area is 115 Å². The van der Waals surface area contributed by atoms with Crippen LogP contribution in [0.25, 0.3) is 0 Å². The Bertz CT molecular complexity index is 193. The first-order valence-corrected chi connectivity index (χ1v) is 7.90. The van der Waals surface area contributed by atoms with Crippen molar-refractivity contribution in [3.05, 3.63) is 6.57 Å². The predicted octanol–water partition coefficient (Wildman–Crippen LogP) is 4.46. The third-order valence-corrected chi connectivity index (χ3v) is 4.42. The molecule has 0 aliphatic carbocycles. The SMILES string of the molecule is CCCCCCCCC[N+]1(CC)CCCC1.[C-]#N. The van der Waals surface area contributed by atoms with E-state index >= 15 is 0 Å². The third-order valence-electron chi connectivity index (χ3n) is 4.42. The Kier molecular flexibility index (Phi) is 11.2. The average molecular weight is 252 g/mol. The minimum Gasteiger partial charge on any atom is -0.512 e. The fourth-order valence-electron chi connectivity index (χ4n) is 3.11. The molecular weight excluding hydrogens is 220 g/mol.